The van der Waals surface area contributed by atoms with Gasteiger partial charge in [-0.3, -0.25) is 9.78 Å². The quantitative estimate of drug-likeness (QED) is 0.256. The molecule has 4 nitrogen and oxygen atoms in total. The molecule has 1 amide bonds. The standard InChI is InChI=1S/C29H36N2O2/c1-4-5-6-14-25-24(20-28(33-3)27-16-8-7-15-26(25)27)17-18-29(32)31-22(2)11-9-12-23-13-10-19-30-21-23/h7-8,10,13,15-22H,4-6,9,11-12,14H2,1-3H3,(H,31,32)/b18-17+. The number of unbranched alkanes of at least 4 members (excludes halogenated alkanes) is 2. The van der Waals surface area contributed by atoms with E-state index in [0.29, 0.717) is 0 Å². The van der Waals surface area contributed by atoms with Crippen molar-refractivity contribution in [3.63, 3.8) is 0 Å². The molecule has 0 aliphatic heterocycles. The number of aromatic nitrogens is 1. The first-order valence-electron chi connectivity index (χ1n) is 12.1. The zero-order chi connectivity index (χ0) is 23.5. The predicted molar refractivity (Wildman–Crippen MR) is 138 cm³/mol. The third kappa shape index (κ3) is 7.18. The maximum atomic E-state index is 12.6. The Kier molecular flexibility index (Phi) is 9.49. The number of nitrogens with zero attached hydrogens (tertiary/aromatic N) is 1. The summed E-state index contributed by atoms with van der Waals surface area (Å²) in [5, 5.41) is 5.43. The Morgan fingerprint density at radius 2 is 1.91 bits per heavy atom. The van der Waals surface area contributed by atoms with Crippen molar-refractivity contribution >= 4 is 22.8 Å². The second-order valence-electron chi connectivity index (χ2n) is 8.65. The molecule has 0 fully saturated rings. The van der Waals surface area contributed by atoms with Crippen molar-refractivity contribution in [2.24, 2.45) is 0 Å². The lowest BCUT2D eigenvalue weighted by Gasteiger charge is -2.15. The van der Waals surface area contributed by atoms with E-state index in [9.17, 15) is 4.79 Å². The van der Waals surface area contributed by atoms with Gasteiger partial charge in [-0.15, -0.1) is 0 Å². The molecule has 0 radical (unpaired) electrons. The first-order valence-corrected chi connectivity index (χ1v) is 12.1. The molecule has 1 heterocycles. The van der Waals surface area contributed by atoms with Gasteiger partial charge >= 0.3 is 0 Å². The number of rotatable bonds is 12. The highest BCUT2D eigenvalue weighted by atomic mass is 16.5. The van der Waals surface area contributed by atoms with E-state index in [4.69, 9.17) is 4.74 Å². The van der Waals surface area contributed by atoms with Crippen LogP contribution >= 0.6 is 0 Å². The van der Waals surface area contributed by atoms with Gasteiger partial charge < -0.3 is 10.1 Å². The first kappa shape index (κ1) is 24.5. The fourth-order valence-electron chi connectivity index (χ4n) is 4.26. The number of nitrogens with one attached hydrogen (secondary N) is 1. The fourth-order valence-corrected chi connectivity index (χ4v) is 4.26. The molecule has 3 rings (SSSR count). The summed E-state index contributed by atoms with van der Waals surface area (Å²) in [5.41, 5.74) is 3.58. The summed E-state index contributed by atoms with van der Waals surface area (Å²) >= 11 is 0. The molecular formula is C29H36N2O2. The Hall–Kier alpha value is -3.14. The number of aryl methyl sites for hydroxylation is 2. The van der Waals surface area contributed by atoms with Crippen molar-refractivity contribution in [1.29, 1.82) is 0 Å². The maximum Gasteiger partial charge on any atom is 0.244 e. The van der Waals surface area contributed by atoms with Crippen molar-refractivity contribution in [1.82, 2.24) is 10.3 Å². The summed E-state index contributed by atoms with van der Waals surface area (Å²) in [7, 11) is 1.70. The molecule has 4 heteroatoms. The Bertz CT molecular complexity index is 1060. The summed E-state index contributed by atoms with van der Waals surface area (Å²) < 4.78 is 5.66. The van der Waals surface area contributed by atoms with Crippen molar-refractivity contribution in [3.8, 4) is 5.75 Å². The minimum Gasteiger partial charge on any atom is -0.496 e. The van der Waals surface area contributed by atoms with Crippen LogP contribution in [0.5, 0.6) is 5.75 Å². The van der Waals surface area contributed by atoms with Gasteiger partial charge in [0.15, 0.2) is 0 Å². The van der Waals surface area contributed by atoms with Crippen LogP contribution in [0.3, 0.4) is 0 Å². The highest BCUT2D eigenvalue weighted by molar-refractivity contribution is 5.96. The minimum atomic E-state index is -0.0597. The van der Waals surface area contributed by atoms with Gasteiger partial charge in [-0.05, 0) is 79.3 Å². The SMILES string of the molecule is CCCCCc1c(/C=C/C(=O)NC(C)CCCc2cccnc2)cc(OC)c2ccccc12. The van der Waals surface area contributed by atoms with Gasteiger partial charge in [0, 0.05) is 29.9 Å². The second-order valence-corrected chi connectivity index (χ2v) is 8.65. The summed E-state index contributed by atoms with van der Waals surface area (Å²) in [6.07, 6.45) is 14.7. The lowest BCUT2D eigenvalue weighted by molar-refractivity contribution is -0.117. The molecule has 1 unspecified atom stereocenters. The topological polar surface area (TPSA) is 51.2 Å². The number of methoxy groups -OCH3 is 1. The molecule has 0 bridgehead atoms. The van der Waals surface area contributed by atoms with Crippen molar-refractivity contribution in [3.05, 3.63) is 77.6 Å². The normalized spacial score (nSPS) is 12.2. The highest BCUT2D eigenvalue weighted by Crippen LogP contribution is 2.33. The summed E-state index contributed by atoms with van der Waals surface area (Å²) in [6.45, 7) is 4.28. The van der Waals surface area contributed by atoms with Crippen LogP contribution in [0.15, 0.2) is 60.9 Å². The molecule has 0 aliphatic rings. The van der Waals surface area contributed by atoms with Crippen LogP contribution < -0.4 is 10.1 Å². The zero-order valence-electron chi connectivity index (χ0n) is 20.1. The smallest absolute Gasteiger partial charge is 0.244 e. The lowest BCUT2D eigenvalue weighted by Crippen LogP contribution is -2.31. The van der Waals surface area contributed by atoms with E-state index in [-0.39, 0.29) is 11.9 Å². The van der Waals surface area contributed by atoms with E-state index in [2.05, 4.69) is 54.5 Å². The number of amides is 1. The molecule has 0 aliphatic carbocycles. The van der Waals surface area contributed by atoms with Crippen LogP contribution in [-0.2, 0) is 17.6 Å². The number of pyridine rings is 1. The van der Waals surface area contributed by atoms with E-state index in [0.717, 1.165) is 48.8 Å². The van der Waals surface area contributed by atoms with Crippen LogP contribution in [0.25, 0.3) is 16.8 Å². The van der Waals surface area contributed by atoms with E-state index in [1.165, 1.54) is 29.4 Å². The van der Waals surface area contributed by atoms with E-state index >= 15 is 0 Å². The first-order chi connectivity index (χ1) is 16.1. The molecule has 3 aromatic rings. The van der Waals surface area contributed by atoms with Gasteiger partial charge in [0.25, 0.3) is 0 Å². The maximum absolute atomic E-state index is 12.6. The molecular weight excluding hydrogens is 408 g/mol. The molecule has 33 heavy (non-hydrogen) atoms. The number of hydrogen-bond donors (Lipinski definition) is 1. The monoisotopic (exact) mass is 444 g/mol. The van der Waals surface area contributed by atoms with Crippen molar-refractivity contribution in [2.45, 2.75) is 64.8 Å². The van der Waals surface area contributed by atoms with Gasteiger partial charge in [0.1, 0.15) is 5.75 Å². The molecule has 1 atom stereocenters. The van der Waals surface area contributed by atoms with Gasteiger partial charge in [-0.2, -0.15) is 0 Å². The number of carbonyl (C=O) groups excluding carboxylic acids is 1. The number of fused-ring (bicyclic) bond motifs is 1. The lowest BCUT2D eigenvalue weighted by atomic mass is 9.93. The average Bonchev–Trinajstić information content (AvgIpc) is 2.84. The van der Waals surface area contributed by atoms with Crippen molar-refractivity contribution < 1.29 is 9.53 Å². The fraction of sp³-hybridized carbons (Fsp3) is 0.379. The second kappa shape index (κ2) is 12.8. The molecule has 0 saturated heterocycles. The van der Waals surface area contributed by atoms with E-state index in [1.54, 1.807) is 19.4 Å². The number of carbonyl (C=O) groups is 1. The van der Waals surface area contributed by atoms with Crippen molar-refractivity contribution in [2.75, 3.05) is 7.11 Å². The summed E-state index contributed by atoms with van der Waals surface area (Å²) in [6, 6.07) is 14.6. The molecule has 1 aromatic heterocycles. The van der Waals surface area contributed by atoms with E-state index < -0.39 is 0 Å². The minimum absolute atomic E-state index is 0.0597. The summed E-state index contributed by atoms with van der Waals surface area (Å²) in [4.78, 5) is 16.8. The molecule has 0 saturated carbocycles. The van der Waals surface area contributed by atoms with Crippen LogP contribution in [0.1, 0.15) is 62.6 Å². The third-order valence-electron chi connectivity index (χ3n) is 6.03. The molecule has 0 spiro atoms. The average molecular weight is 445 g/mol. The summed E-state index contributed by atoms with van der Waals surface area (Å²) in [5.74, 6) is 0.782. The Labute approximate surface area is 198 Å². The number of ether oxygens (including phenoxy) is 1. The van der Waals surface area contributed by atoms with Gasteiger partial charge in [0.2, 0.25) is 5.91 Å². The third-order valence-corrected chi connectivity index (χ3v) is 6.03. The predicted octanol–water partition coefficient (Wildman–Crippen LogP) is 6.52. The van der Waals surface area contributed by atoms with Crippen LogP contribution in [0.4, 0.5) is 0 Å². The van der Waals surface area contributed by atoms with Gasteiger partial charge in [-0.25, -0.2) is 0 Å². The van der Waals surface area contributed by atoms with Gasteiger partial charge in [-0.1, -0.05) is 50.1 Å². The Morgan fingerprint density at radius 1 is 1.09 bits per heavy atom. The highest BCUT2D eigenvalue weighted by Gasteiger charge is 2.12. The zero-order valence-corrected chi connectivity index (χ0v) is 20.1. The van der Waals surface area contributed by atoms with Crippen LogP contribution in [0, 0.1) is 0 Å². The Balaban J connectivity index is 1.68. The number of benzene rings is 2. The van der Waals surface area contributed by atoms with Crippen LogP contribution in [-0.4, -0.2) is 24.0 Å². The van der Waals surface area contributed by atoms with E-state index in [1.807, 2.05) is 24.4 Å². The van der Waals surface area contributed by atoms with Gasteiger partial charge in [0.05, 0.1) is 7.11 Å². The molecule has 2 aromatic carbocycles. The number of hydrogen-bond acceptors (Lipinski definition) is 3. The Morgan fingerprint density at radius 3 is 2.64 bits per heavy atom. The molecule has 174 valence electrons. The van der Waals surface area contributed by atoms with Crippen LogP contribution in [0.2, 0.25) is 0 Å². The largest absolute Gasteiger partial charge is 0.496 e. The molecule has 1 N–H and O–H groups in total.